The van der Waals surface area contributed by atoms with Crippen molar-refractivity contribution in [1.82, 2.24) is 14.5 Å². The molecule has 5 nitrogen and oxygen atoms in total. The lowest BCUT2D eigenvalue weighted by atomic mass is 10.1. The molecule has 0 radical (unpaired) electrons. The van der Waals surface area contributed by atoms with E-state index in [1.165, 1.54) is 10.1 Å². The molecule has 0 amide bonds. The van der Waals surface area contributed by atoms with Gasteiger partial charge in [0, 0.05) is 29.9 Å². The Labute approximate surface area is 232 Å². The van der Waals surface area contributed by atoms with Crippen LogP contribution in [0.1, 0.15) is 40.2 Å². The van der Waals surface area contributed by atoms with Gasteiger partial charge in [-0.25, -0.2) is 4.98 Å². The third-order valence-electron chi connectivity index (χ3n) is 4.77. The Kier molecular flexibility index (Phi) is 13.9. The molecule has 8 heteroatoms. The normalized spacial score (nSPS) is 9.66. The van der Waals surface area contributed by atoms with Gasteiger partial charge in [-0.1, -0.05) is 98.6 Å². The molecule has 0 bridgehead atoms. The molecule has 0 aliphatic rings. The average Bonchev–Trinajstić information content (AvgIpc) is 2.91. The molecule has 0 unspecified atom stereocenters. The summed E-state index contributed by atoms with van der Waals surface area (Å²) >= 11 is 14.8. The molecule has 0 fully saturated rings. The Morgan fingerprint density at radius 1 is 0.971 bits per heavy atom. The molecule has 188 valence electrons. The van der Waals surface area contributed by atoms with Gasteiger partial charge in [-0.3, -0.25) is 9.36 Å². The van der Waals surface area contributed by atoms with Crippen molar-refractivity contribution in [3.05, 3.63) is 80.7 Å². The summed E-state index contributed by atoms with van der Waals surface area (Å²) in [5.41, 5.74) is 3.32. The van der Waals surface area contributed by atoms with Gasteiger partial charge in [0.2, 0.25) is 5.95 Å². The Morgan fingerprint density at radius 3 is 2.17 bits per heavy atom. The molecular weight excluding hydrogens is 594 g/mol. The largest absolute Gasteiger partial charge is 0.324 e. The van der Waals surface area contributed by atoms with Crippen molar-refractivity contribution in [2.75, 3.05) is 10.2 Å². The van der Waals surface area contributed by atoms with Crippen molar-refractivity contribution in [3.63, 3.8) is 0 Å². The van der Waals surface area contributed by atoms with Crippen LogP contribution in [-0.4, -0.2) is 19.5 Å². The fraction of sp³-hybridized carbons (Fsp3) is 0.296. The molecule has 2 heterocycles. The van der Waals surface area contributed by atoms with Gasteiger partial charge in [0.15, 0.2) is 0 Å². The first-order valence-electron chi connectivity index (χ1n) is 11.5. The Hall–Kier alpha value is -2.16. The van der Waals surface area contributed by atoms with Crippen LogP contribution in [0.4, 0.5) is 11.6 Å². The molecule has 0 spiro atoms. The number of alkyl halides is 1. The second kappa shape index (κ2) is 15.8. The Bertz CT molecular complexity index is 1270. The van der Waals surface area contributed by atoms with E-state index in [1.54, 1.807) is 37.5 Å². The van der Waals surface area contributed by atoms with Gasteiger partial charge in [0.25, 0.3) is 5.56 Å². The highest BCUT2D eigenvalue weighted by Gasteiger charge is 2.16. The van der Waals surface area contributed by atoms with Crippen molar-refractivity contribution in [3.8, 4) is 11.1 Å². The zero-order valence-electron chi connectivity index (χ0n) is 21.3. The standard InChI is InChI=1S/C22H18Cl2N4O.2C2H6.CH3I/c1-3-13-6-4-7-15(10-13)26-22-25-12-14-11-16(21(29)28(2)20(14)27-22)19-17(23)8-5-9-18(19)24;3*1-2/h4-12H,3H2,1-2H3,(H,25,26,27);2*1-2H3;1H3. The zero-order chi connectivity index (χ0) is 26.5. The number of nitrogens with zero attached hydrogens (tertiary/aromatic N) is 3. The van der Waals surface area contributed by atoms with Gasteiger partial charge in [-0.15, -0.1) is 0 Å². The maximum absolute atomic E-state index is 13.0. The van der Waals surface area contributed by atoms with Crippen LogP contribution in [0, 0.1) is 0 Å². The van der Waals surface area contributed by atoms with E-state index in [2.05, 4.69) is 56.9 Å². The van der Waals surface area contributed by atoms with E-state index >= 15 is 0 Å². The molecule has 0 aliphatic carbocycles. The number of aromatic nitrogens is 3. The van der Waals surface area contributed by atoms with Crippen LogP contribution in [0.5, 0.6) is 0 Å². The van der Waals surface area contributed by atoms with Crippen LogP contribution >= 0.6 is 45.8 Å². The smallest absolute Gasteiger partial charge is 0.259 e. The molecular formula is C27H33Cl2IN4O. The minimum atomic E-state index is -0.231. The molecule has 4 aromatic rings. The Morgan fingerprint density at radius 2 is 1.57 bits per heavy atom. The van der Waals surface area contributed by atoms with Crippen molar-refractivity contribution in [2.24, 2.45) is 7.05 Å². The number of hydrogen-bond donors (Lipinski definition) is 1. The second-order valence-corrected chi connectivity index (χ2v) is 7.48. The van der Waals surface area contributed by atoms with Gasteiger partial charge in [0.1, 0.15) is 5.65 Å². The molecule has 0 saturated carbocycles. The van der Waals surface area contributed by atoms with Crippen LogP contribution in [0.15, 0.2) is 59.5 Å². The summed E-state index contributed by atoms with van der Waals surface area (Å²) in [5.74, 6) is 0.421. The number of halogens is 3. The number of aryl methyl sites for hydroxylation is 2. The lowest BCUT2D eigenvalue weighted by molar-refractivity contribution is 0.887. The summed E-state index contributed by atoms with van der Waals surface area (Å²) in [6.07, 6.45) is 2.62. The first-order chi connectivity index (χ1) is 17.0. The average molecular weight is 627 g/mol. The number of benzene rings is 2. The highest BCUT2D eigenvalue weighted by Crippen LogP contribution is 2.33. The summed E-state index contributed by atoms with van der Waals surface area (Å²) < 4.78 is 1.49. The van der Waals surface area contributed by atoms with Crippen molar-refractivity contribution in [1.29, 1.82) is 0 Å². The zero-order valence-corrected chi connectivity index (χ0v) is 25.0. The summed E-state index contributed by atoms with van der Waals surface area (Å²) in [6.45, 7) is 10.1. The van der Waals surface area contributed by atoms with E-state index in [-0.39, 0.29) is 5.56 Å². The maximum atomic E-state index is 13.0. The van der Waals surface area contributed by atoms with Gasteiger partial charge >= 0.3 is 0 Å². The molecule has 0 atom stereocenters. The molecule has 35 heavy (non-hydrogen) atoms. The maximum Gasteiger partial charge on any atom is 0.259 e. The lowest BCUT2D eigenvalue weighted by Gasteiger charge is -2.12. The predicted octanol–water partition coefficient (Wildman–Crippen LogP) is 8.71. The van der Waals surface area contributed by atoms with Crippen LogP contribution in [-0.2, 0) is 13.5 Å². The lowest BCUT2D eigenvalue weighted by Crippen LogP contribution is -2.20. The predicted molar refractivity (Wildman–Crippen MR) is 162 cm³/mol. The quantitative estimate of drug-likeness (QED) is 0.182. The molecule has 0 saturated heterocycles. The number of hydrogen-bond acceptors (Lipinski definition) is 4. The van der Waals surface area contributed by atoms with E-state index in [1.807, 2.05) is 44.8 Å². The fourth-order valence-corrected chi connectivity index (χ4v) is 3.84. The number of rotatable bonds is 4. The highest BCUT2D eigenvalue weighted by atomic mass is 127. The van der Waals surface area contributed by atoms with Gasteiger partial charge in [-0.2, -0.15) is 4.98 Å². The van der Waals surface area contributed by atoms with Crippen LogP contribution in [0.2, 0.25) is 10.0 Å². The van der Waals surface area contributed by atoms with Crippen LogP contribution < -0.4 is 10.9 Å². The molecule has 2 aromatic heterocycles. The molecule has 2 aromatic carbocycles. The van der Waals surface area contributed by atoms with Gasteiger partial charge in [-0.05, 0) is 47.2 Å². The minimum Gasteiger partial charge on any atom is -0.324 e. The topological polar surface area (TPSA) is 59.8 Å². The molecule has 0 aliphatic heterocycles. The van der Waals surface area contributed by atoms with Crippen molar-refractivity contribution >= 4 is 68.5 Å². The third-order valence-corrected chi connectivity index (χ3v) is 5.40. The van der Waals surface area contributed by atoms with E-state index in [9.17, 15) is 4.79 Å². The van der Waals surface area contributed by atoms with Gasteiger partial charge < -0.3 is 5.32 Å². The summed E-state index contributed by atoms with van der Waals surface area (Å²) in [6, 6.07) is 14.9. The summed E-state index contributed by atoms with van der Waals surface area (Å²) in [4.78, 5) is 23.9. The number of anilines is 2. The van der Waals surface area contributed by atoms with Crippen molar-refractivity contribution < 1.29 is 0 Å². The first kappa shape index (κ1) is 30.9. The monoisotopic (exact) mass is 626 g/mol. The molecule has 4 rings (SSSR count). The SMILES string of the molecule is CC.CC.CCc1cccc(Nc2ncc3cc(-c4c(Cl)cccc4Cl)c(=O)n(C)c3n2)c1.CI. The summed E-state index contributed by atoms with van der Waals surface area (Å²) in [7, 11) is 1.67. The van der Waals surface area contributed by atoms with Crippen LogP contribution in [0.3, 0.4) is 0 Å². The van der Waals surface area contributed by atoms with Crippen molar-refractivity contribution in [2.45, 2.75) is 41.0 Å². The van der Waals surface area contributed by atoms with E-state index < -0.39 is 0 Å². The third kappa shape index (κ3) is 7.66. The minimum absolute atomic E-state index is 0.231. The highest BCUT2D eigenvalue weighted by molar-refractivity contribution is 14.1. The first-order valence-corrected chi connectivity index (χ1v) is 14.4. The Balaban J connectivity index is 0.000000949. The number of nitrogens with one attached hydrogen (secondary N) is 1. The molecule has 1 N–H and O–H groups in total. The van der Waals surface area contributed by atoms with Crippen LogP contribution in [0.25, 0.3) is 22.2 Å². The van der Waals surface area contributed by atoms with Gasteiger partial charge in [0.05, 0.1) is 15.6 Å². The number of fused-ring (bicyclic) bond motifs is 1. The number of pyridine rings is 1. The summed E-state index contributed by atoms with van der Waals surface area (Å²) in [5, 5.41) is 4.76. The second-order valence-electron chi connectivity index (χ2n) is 6.67. The van der Waals surface area contributed by atoms with E-state index in [0.717, 1.165) is 12.1 Å². The van der Waals surface area contributed by atoms with E-state index in [4.69, 9.17) is 23.2 Å². The fourth-order valence-electron chi connectivity index (χ4n) is 3.24. The van der Waals surface area contributed by atoms with E-state index in [0.29, 0.717) is 38.2 Å².